The molecule has 0 aromatic heterocycles. The van der Waals surface area contributed by atoms with Crippen LogP contribution >= 0.6 is 0 Å². The van der Waals surface area contributed by atoms with E-state index < -0.39 is 0 Å². The molecule has 1 aliphatic heterocycles. The lowest BCUT2D eigenvalue weighted by atomic mass is 10.1. The van der Waals surface area contributed by atoms with Crippen LogP contribution in [-0.2, 0) is 22.5 Å². The number of amides is 1. The Morgan fingerprint density at radius 3 is 2.72 bits per heavy atom. The summed E-state index contributed by atoms with van der Waals surface area (Å²) in [5.74, 6) is 1.83. The quantitative estimate of drug-likeness (QED) is 0.519. The fourth-order valence-electron chi connectivity index (χ4n) is 3.11. The molecule has 0 saturated heterocycles. The largest absolute Gasteiger partial charge is 0.493 e. The van der Waals surface area contributed by atoms with Gasteiger partial charge in [-0.3, -0.25) is 4.79 Å². The number of oxime groups is 1. The number of methoxy groups -OCH3 is 2. The molecule has 0 unspecified atom stereocenters. The van der Waals surface area contributed by atoms with E-state index >= 15 is 0 Å². The number of carbonyl (C=O) groups excluding carboxylic acids is 1. The summed E-state index contributed by atoms with van der Waals surface area (Å²) < 4.78 is 16.2. The molecule has 1 heterocycles. The van der Waals surface area contributed by atoms with Gasteiger partial charge in [-0.2, -0.15) is 0 Å². The zero-order valence-corrected chi connectivity index (χ0v) is 17.0. The Morgan fingerprint density at radius 1 is 1.14 bits per heavy atom. The van der Waals surface area contributed by atoms with Crippen LogP contribution in [-0.4, -0.2) is 45.6 Å². The first kappa shape index (κ1) is 20.5. The molecule has 0 radical (unpaired) electrons. The van der Waals surface area contributed by atoms with Gasteiger partial charge in [0.15, 0.2) is 17.2 Å². The van der Waals surface area contributed by atoms with Crippen LogP contribution < -0.4 is 19.5 Å². The first-order valence-electron chi connectivity index (χ1n) is 9.61. The lowest BCUT2D eigenvalue weighted by molar-refractivity contribution is -0.114. The maximum Gasteiger partial charge on any atom is 0.273 e. The van der Waals surface area contributed by atoms with E-state index in [1.165, 1.54) is 0 Å². The van der Waals surface area contributed by atoms with Crippen molar-refractivity contribution >= 4 is 11.6 Å². The molecule has 7 nitrogen and oxygen atoms in total. The van der Waals surface area contributed by atoms with Gasteiger partial charge in [0, 0.05) is 18.5 Å². The van der Waals surface area contributed by atoms with Gasteiger partial charge in [0.05, 0.1) is 20.8 Å². The van der Waals surface area contributed by atoms with Crippen LogP contribution in [0.2, 0.25) is 0 Å². The van der Waals surface area contributed by atoms with Crippen LogP contribution in [0.25, 0.3) is 0 Å². The summed E-state index contributed by atoms with van der Waals surface area (Å²) in [6.07, 6.45) is 1.52. The monoisotopic (exact) mass is 398 g/mol. The number of benzene rings is 2. The standard InChI is InChI=1S/C22H26N2O5/c1-4-29-24-21(17-7-6-16-10-12-28-19(16)14-17)22(25)23-11-9-15-5-8-18(26-2)20(13-15)27-3/h5-8,13-14H,4,9-12H2,1-3H3,(H,23,25)/b24-21-. The number of nitrogens with zero attached hydrogens (tertiary/aromatic N) is 1. The summed E-state index contributed by atoms with van der Waals surface area (Å²) in [5.41, 5.74) is 3.07. The predicted molar refractivity (Wildman–Crippen MR) is 110 cm³/mol. The van der Waals surface area contributed by atoms with Gasteiger partial charge in [0.1, 0.15) is 12.4 Å². The van der Waals surface area contributed by atoms with Crippen molar-refractivity contribution in [2.75, 3.05) is 34.0 Å². The topological polar surface area (TPSA) is 78.4 Å². The molecule has 1 aliphatic rings. The van der Waals surface area contributed by atoms with Crippen molar-refractivity contribution in [2.45, 2.75) is 19.8 Å². The maximum absolute atomic E-state index is 12.8. The lowest BCUT2D eigenvalue weighted by Crippen LogP contribution is -2.33. The molecule has 2 aromatic carbocycles. The number of rotatable bonds is 9. The van der Waals surface area contributed by atoms with E-state index in [2.05, 4.69) is 10.5 Å². The third-order valence-corrected chi connectivity index (χ3v) is 4.62. The number of hydrogen-bond acceptors (Lipinski definition) is 6. The number of nitrogens with one attached hydrogen (secondary N) is 1. The second kappa shape index (κ2) is 9.82. The molecular formula is C22H26N2O5. The molecule has 1 N–H and O–H groups in total. The molecular weight excluding hydrogens is 372 g/mol. The van der Waals surface area contributed by atoms with Crippen LogP contribution in [0.15, 0.2) is 41.6 Å². The van der Waals surface area contributed by atoms with Gasteiger partial charge in [0.25, 0.3) is 5.91 Å². The number of ether oxygens (including phenoxy) is 3. The summed E-state index contributed by atoms with van der Waals surface area (Å²) in [4.78, 5) is 17.9. The van der Waals surface area contributed by atoms with Crippen molar-refractivity contribution in [1.29, 1.82) is 0 Å². The second-order valence-electron chi connectivity index (χ2n) is 6.47. The first-order chi connectivity index (χ1) is 14.2. The molecule has 0 spiro atoms. The minimum absolute atomic E-state index is 0.234. The molecule has 0 atom stereocenters. The van der Waals surface area contributed by atoms with Gasteiger partial charge >= 0.3 is 0 Å². The highest BCUT2D eigenvalue weighted by molar-refractivity contribution is 6.45. The highest BCUT2D eigenvalue weighted by Crippen LogP contribution is 2.28. The number of hydrogen-bond donors (Lipinski definition) is 1. The first-order valence-corrected chi connectivity index (χ1v) is 9.61. The summed E-state index contributed by atoms with van der Waals surface area (Å²) in [7, 11) is 3.20. The second-order valence-corrected chi connectivity index (χ2v) is 6.47. The van der Waals surface area contributed by atoms with E-state index in [9.17, 15) is 4.79 Å². The van der Waals surface area contributed by atoms with E-state index in [0.717, 1.165) is 23.3 Å². The summed E-state index contributed by atoms with van der Waals surface area (Å²) >= 11 is 0. The Balaban J connectivity index is 1.66. The molecule has 7 heteroatoms. The van der Waals surface area contributed by atoms with Crippen molar-refractivity contribution in [3.8, 4) is 17.2 Å². The zero-order valence-electron chi connectivity index (χ0n) is 17.0. The molecule has 0 bridgehead atoms. The van der Waals surface area contributed by atoms with Crippen molar-refractivity contribution < 1.29 is 23.8 Å². The average molecular weight is 398 g/mol. The van der Waals surface area contributed by atoms with E-state index in [-0.39, 0.29) is 11.6 Å². The Labute approximate surface area is 170 Å². The fourth-order valence-corrected chi connectivity index (χ4v) is 3.11. The van der Waals surface area contributed by atoms with Crippen molar-refractivity contribution in [1.82, 2.24) is 5.32 Å². The van der Waals surface area contributed by atoms with E-state index in [4.69, 9.17) is 19.0 Å². The Hall–Kier alpha value is -3.22. The van der Waals surface area contributed by atoms with Crippen molar-refractivity contribution in [2.24, 2.45) is 5.16 Å². The smallest absolute Gasteiger partial charge is 0.273 e. The van der Waals surface area contributed by atoms with E-state index in [1.807, 2.05) is 43.3 Å². The number of fused-ring (bicyclic) bond motifs is 1. The minimum Gasteiger partial charge on any atom is -0.493 e. The van der Waals surface area contributed by atoms with Gasteiger partial charge in [-0.25, -0.2) is 0 Å². The van der Waals surface area contributed by atoms with Crippen LogP contribution in [0.1, 0.15) is 23.6 Å². The summed E-state index contributed by atoms with van der Waals surface area (Å²) in [5, 5.41) is 6.94. The minimum atomic E-state index is -0.295. The van der Waals surface area contributed by atoms with Gasteiger partial charge in [0.2, 0.25) is 0 Å². The van der Waals surface area contributed by atoms with Crippen molar-refractivity contribution in [3.63, 3.8) is 0 Å². The molecule has 0 aliphatic carbocycles. The van der Waals surface area contributed by atoms with Crippen LogP contribution in [0.5, 0.6) is 17.2 Å². The van der Waals surface area contributed by atoms with Crippen LogP contribution in [0.3, 0.4) is 0 Å². The van der Waals surface area contributed by atoms with Crippen LogP contribution in [0.4, 0.5) is 0 Å². The third-order valence-electron chi connectivity index (χ3n) is 4.62. The predicted octanol–water partition coefficient (Wildman–Crippen LogP) is 2.74. The average Bonchev–Trinajstić information content (AvgIpc) is 3.22. The zero-order chi connectivity index (χ0) is 20.6. The highest BCUT2D eigenvalue weighted by Gasteiger charge is 2.19. The third kappa shape index (κ3) is 4.99. The molecule has 1 amide bonds. The molecule has 154 valence electrons. The van der Waals surface area contributed by atoms with Gasteiger partial charge < -0.3 is 24.4 Å². The normalized spacial score (nSPS) is 12.7. The Morgan fingerprint density at radius 2 is 1.97 bits per heavy atom. The molecule has 3 rings (SSSR count). The molecule has 2 aromatic rings. The van der Waals surface area contributed by atoms with Gasteiger partial charge in [-0.15, -0.1) is 0 Å². The van der Waals surface area contributed by atoms with Gasteiger partial charge in [-0.1, -0.05) is 23.4 Å². The van der Waals surface area contributed by atoms with E-state index in [0.29, 0.717) is 43.2 Å². The van der Waals surface area contributed by atoms with Crippen molar-refractivity contribution in [3.05, 3.63) is 53.1 Å². The SMILES string of the molecule is CCO/N=C(\C(=O)NCCc1ccc(OC)c(OC)c1)c1ccc2c(c1)OCC2. The maximum atomic E-state index is 12.8. The van der Waals surface area contributed by atoms with Crippen LogP contribution in [0, 0.1) is 0 Å². The fraction of sp³-hybridized carbons (Fsp3) is 0.364. The molecule has 0 fully saturated rings. The Bertz CT molecular complexity index is 895. The molecule has 29 heavy (non-hydrogen) atoms. The molecule has 0 saturated carbocycles. The lowest BCUT2D eigenvalue weighted by Gasteiger charge is -2.11. The highest BCUT2D eigenvalue weighted by atomic mass is 16.6. The number of carbonyl (C=O) groups is 1. The Kier molecular flexibility index (Phi) is 6.94. The van der Waals surface area contributed by atoms with Gasteiger partial charge in [-0.05, 0) is 42.7 Å². The summed E-state index contributed by atoms with van der Waals surface area (Å²) in [6, 6.07) is 11.4. The van der Waals surface area contributed by atoms with E-state index in [1.54, 1.807) is 14.2 Å². The summed E-state index contributed by atoms with van der Waals surface area (Å²) in [6.45, 7) is 3.31.